The fraction of sp³-hybridized carbons (Fsp3) is 0.600. The molecule has 2 rings (SSSR count). The SMILES string of the molecule is CN1CCCC1Cc1ncc(C(=O)O)o1. The van der Waals surface area contributed by atoms with Crippen LogP contribution in [0.4, 0.5) is 0 Å². The van der Waals surface area contributed by atoms with Crippen molar-refractivity contribution >= 4 is 5.97 Å². The molecule has 15 heavy (non-hydrogen) atoms. The summed E-state index contributed by atoms with van der Waals surface area (Å²) < 4.78 is 5.12. The number of carbonyl (C=O) groups is 1. The molecule has 0 radical (unpaired) electrons. The zero-order chi connectivity index (χ0) is 10.8. The zero-order valence-electron chi connectivity index (χ0n) is 8.64. The van der Waals surface area contributed by atoms with Crippen molar-refractivity contribution in [2.45, 2.75) is 25.3 Å². The molecule has 0 amide bonds. The highest BCUT2D eigenvalue weighted by Crippen LogP contribution is 2.19. The van der Waals surface area contributed by atoms with Gasteiger partial charge >= 0.3 is 5.97 Å². The van der Waals surface area contributed by atoms with Crippen LogP contribution < -0.4 is 0 Å². The fourth-order valence-electron chi connectivity index (χ4n) is 1.94. The summed E-state index contributed by atoms with van der Waals surface area (Å²) in [6.07, 6.45) is 4.28. The number of aromatic nitrogens is 1. The van der Waals surface area contributed by atoms with Crippen molar-refractivity contribution < 1.29 is 14.3 Å². The van der Waals surface area contributed by atoms with Gasteiger partial charge in [-0.3, -0.25) is 0 Å². The average molecular weight is 210 g/mol. The highest BCUT2D eigenvalue weighted by molar-refractivity contribution is 5.83. The first-order valence-electron chi connectivity index (χ1n) is 5.05. The lowest BCUT2D eigenvalue weighted by molar-refractivity contribution is 0.0659. The van der Waals surface area contributed by atoms with Gasteiger partial charge in [0.15, 0.2) is 5.89 Å². The van der Waals surface area contributed by atoms with Gasteiger partial charge in [0.25, 0.3) is 0 Å². The first-order valence-corrected chi connectivity index (χ1v) is 5.05. The molecule has 0 aliphatic carbocycles. The maximum absolute atomic E-state index is 10.6. The first kappa shape index (κ1) is 10.2. The molecule has 1 aromatic heterocycles. The van der Waals surface area contributed by atoms with Crippen molar-refractivity contribution in [1.29, 1.82) is 0 Å². The number of rotatable bonds is 3. The second-order valence-corrected chi connectivity index (χ2v) is 3.90. The molecule has 1 fully saturated rings. The van der Waals surface area contributed by atoms with E-state index in [9.17, 15) is 4.79 Å². The number of likely N-dealkylation sites (tertiary alicyclic amines) is 1. The van der Waals surface area contributed by atoms with Crippen LogP contribution in [-0.4, -0.2) is 40.6 Å². The standard InChI is InChI=1S/C10H14N2O3/c1-12-4-2-3-7(12)5-9-11-6-8(15-9)10(13)14/h6-7H,2-5H2,1H3,(H,13,14). The number of oxazole rings is 1. The number of carboxylic acids is 1. The maximum atomic E-state index is 10.6. The van der Waals surface area contributed by atoms with E-state index in [4.69, 9.17) is 9.52 Å². The summed E-state index contributed by atoms with van der Waals surface area (Å²) in [6, 6.07) is 0.435. The van der Waals surface area contributed by atoms with Gasteiger partial charge in [-0.15, -0.1) is 0 Å². The Bertz CT molecular complexity index is 361. The highest BCUT2D eigenvalue weighted by atomic mass is 16.4. The molecule has 0 saturated carbocycles. The van der Waals surface area contributed by atoms with Crippen LogP contribution in [-0.2, 0) is 6.42 Å². The summed E-state index contributed by atoms with van der Waals surface area (Å²) in [5.41, 5.74) is 0. The van der Waals surface area contributed by atoms with Crippen LogP contribution in [0, 0.1) is 0 Å². The second-order valence-electron chi connectivity index (χ2n) is 3.90. The van der Waals surface area contributed by atoms with Gasteiger partial charge < -0.3 is 14.4 Å². The Balaban J connectivity index is 2.01. The van der Waals surface area contributed by atoms with Crippen molar-refractivity contribution in [3.05, 3.63) is 17.8 Å². The van der Waals surface area contributed by atoms with Crippen LogP contribution in [0.1, 0.15) is 29.3 Å². The number of aromatic carboxylic acids is 1. The summed E-state index contributed by atoms with van der Waals surface area (Å²) in [5.74, 6) is -0.620. The lowest BCUT2D eigenvalue weighted by atomic mass is 10.1. The van der Waals surface area contributed by atoms with Gasteiger partial charge in [-0.1, -0.05) is 0 Å². The molecule has 1 N–H and O–H groups in total. The monoisotopic (exact) mass is 210 g/mol. The van der Waals surface area contributed by atoms with Gasteiger partial charge in [-0.05, 0) is 26.4 Å². The molecule has 1 unspecified atom stereocenters. The summed E-state index contributed by atoms with van der Waals surface area (Å²) in [4.78, 5) is 16.8. The van der Waals surface area contributed by atoms with Crippen LogP contribution in [0.25, 0.3) is 0 Å². The Morgan fingerprint density at radius 2 is 2.60 bits per heavy atom. The van der Waals surface area contributed by atoms with Crippen molar-refractivity contribution in [3.63, 3.8) is 0 Å². The Labute approximate surface area is 87.7 Å². The first-order chi connectivity index (χ1) is 7.16. The quantitative estimate of drug-likeness (QED) is 0.806. The Morgan fingerprint density at radius 3 is 3.13 bits per heavy atom. The van der Waals surface area contributed by atoms with Crippen molar-refractivity contribution in [3.8, 4) is 0 Å². The minimum absolute atomic E-state index is 0.0781. The highest BCUT2D eigenvalue weighted by Gasteiger charge is 2.23. The number of nitrogens with zero attached hydrogens (tertiary/aromatic N) is 2. The minimum Gasteiger partial charge on any atom is -0.475 e. The van der Waals surface area contributed by atoms with Crippen LogP contribution >= 0.6 is 0 Å². The summed E-state index contributed by atoms with van der Waals surface area (Å²) >= 11 is 0. The van der Waals surface area contributed by atoms with E-state index in [1.165, 1.54) is 12.6 Å². The van der Waals surface area contributed by atoms with E-state index in [0.717, 1.165) is 13.0 Å². The van der Waals surface area contributed by atoms with E-state index in [1.807, 2.05) is 0 Å². The third-order valence-corrected chi connectivity index (χ3v) is 2.85. The second kappa shape index (κ2) is 4.02. The van der Waals surface area contributed by atoms with E-state index in [-0.39, 0.29) is 5.76 Å². The fourth-order valence-corrected chi connectivity index (χ4v) is 1.94. The van der Waals surface area contributed by atoms with Crippen molar-refractivity contribution in [2.75, 3.05) is 13.6 Å². The maximum Gasteiger partial charge on any atom is 0.373 e. The van der Waals surface area contributed by atoms with E-state index in [2.05, 4.69) is 16.9 Å². The van der Waals surface area contributed by atoms with Gasteiger partial charge in [0.1, 0.15) is 0 Å². The zero-order valence-corrected chi connectivity index (χ0v) is 8.64. The van der Waals surface area contributed by atoms with Gasteiger partial charge in [0, 0.05) is 12.5 Å². The van der Waals surface area contributed by atoms with Gasteiger partial charge in [-0.2, -0.15) is 0 Å². The Hall–Kier alpha value is -1.36. The lowest BCUT2D eigenvalue weighted by Crippen LogP contribution is -2.26. The van der Waals surface area contributed by atoms with E-state index in [1.54, 1.807) is 0 Å². The van der Waals surface area contributed by atoms with E-state index >= 15 is 0 Å². The largest absolute Gasteiger partial charge is 0.475 e. The van der Waals surface area contributed by atoms with Gasteiger partial charge in [0.05, 0.1) is 6.20 Å². The van der Waals surface area contributed by atoms with Crippen LogP contribution in [0.5, 0.6) is 0 Å². The molecule has 1 aliphatic heterocycles. The predicted molar refractivity (Wildman–Crippen MR) is 52.8 cm³/mol. The minimum atomic E-state index is -1.06. The molecule has 0 bridgehead atoms. The van der Waals surface area contributed by atoms with Gasteiger partial charge in [0.2, 0.25) is 5.76 Å². The third-order valence-electron chi connectivity index (χ3n) is 2.85. The molecule has 1 aliphatic rings. The molecule has 5 heteroatoms. The number of hydrogen-bond acceptors (Lipinski definition) is 4. The number of likely N-dealkylation sites (N-methyl/N-ethyl adjacent to an activating group) is 1. The molecule has 82 valence electrons. The summed E-state index contributed by atoms with van der Waals surface area (Å²) in [6.45, 7) is 1.09. The molecular formula is C10H14N2O3. The number of carboxylic acid groups (broad SMARTS) is 1. The average Bonchev–Trinajstić information content (AvgIpc) is 2.77. The van der Waals surface area contributed by atoms with E-state index in [0.29, 0.717) is 18.4 Å². The molecule has 0 aromatic carbocycles. The lowest BCUT2D eigenvalue weighted by Gasteiger charge is -2.16. The molecule has 1 atom stereocenters. The van der Waals surface area contributed by atoms with Crippen LogP contribution in [0.3, 0.4) is 0 Å². The Morgan fingerprint density at radius 1 is 1.80 bits per heavy atom. The van der Waals surface area contributed by atoms with Crippen LogP contribution in [0.15, 0.2) is 10.6 Å². The van der Waals surface area contributed by atoms with Crippen LogP contribution in [0.2, 0.25) is 0 Å². The smallest absolute Gasteiger partial charge is 0.373 e. The molecule has 5 nitrogen and oxygen atoms in total. The van der Waals surface area contributed by atoms with Crippen molar-refractivity contribution in [2.24, 2.45) is 0 Å². The topological polar surface area (TPSA) is 66.6 Å². The predicted octanol–water partition coefficient (Wildman–Crippen LogP) is 1.01. The van der Waals surface area contributed by atoms with E-state index < -0.39 is 5.97 Å². The molecule has 1 aromatic rings. The van der Waals surface area contributed by atoms with Gasteiger partial charge in [-0.25, -0.2) is 9.78 Å². The third kappa shape index (κ3) is 2.18. The molecular weight excluding hydrogens is 196 g/mol. The summed E-state index contributed by atoms with van der Waals surface area (Å²) in [7, 11) is 2.07. The molecule has 1 saturated heterocycles. The molecule has 2 heterocycles. The molecule has 0 spiro atoms. The normalized spacial score (nSPS) is 22.1. The Kier molecular flexibility index (Phi) is 2.73. The number of hydrogen-bond donors (Lipinski definition) is 1. The van der Waals surface area contributed by atoms with Crippen molar-refractivity contribution in [1.82, 2.24) is 9.88 Å². The summed E-state index contributed by atoms with van der Waals surface area (Å²) in [5, 5.41) is 8.67.